The first-order chi connectivity index (χ1) is 7.91. The molecule has 0 saturated heterocycles. The number of phenols is 1. The Morgan fingerprint density at radius 1 is 1.50 bits per heavy atom. The SMILES string of the molecule is Cl.NC(N)=N/N=C/c1cc([N+](=O)[O-])cc(Cl)c1O. The standard InChI is InChI=1S/C8H8ClN5O3.ClH/c9-6-2-5(14(16)17)1-4(7(6)15)3-12-13-8(10)11;/h1-3,15H,(H4,10,11,13);1H/b12-3+;. The first kappa shape index (κ1) is 15.9. The van der Waals surface area contributed by atoms with Crippen LogP contribution in [0.5, 0.6) is 5.75 Å². The summed E-state index contributed by atoms with van der Waals surface area (Å²) in [6, 6.07) is 2.11. The van der Waals surface area contributed by atoms with E-state index in [2.05, 4.69) is 10.2 Å². The molecule has 0 heterocycles. The summed E-state index contributed by atoms with van der Waals surface area (Å²) in [5, 5.41) is 26.6. The van der Waals surface area contributed by atoms with Crippen LogP contribution in [0, 0.1) is 10.1 Å². The molecule has 18 heavy (non-hydrogen) atoms. The van der Waals surface area contributed by atoms with Crippen molar-refractivity contribution < 1.29 is 10.0 Å². The number of non-ortho nitro benzene ring substituents is 1. The van der Waals surface area contributed by atoms with Gasteiger partial charge in [-0.3, -0.25) is 10.1 Å². The van der Waals surface area contributed by atoms with Crippen LogP contribution in [-0.2, 0) is 0 Å². The number of hydrogen-bond acceptors (Lipinski definition) is 5. The van der Waals surface area contributed by atoms with Gasteiger partial charge in [0.15, 0.2) is 0 Å². The first-order valence-corrected chi connectivity index (χ1v) is 4.58. The molecular formula is C8H9Cl2N5O3. The van der Waals surface area contributed by atoms with E-state index in [1.165, 1.54) is 0 Å². The van der Waals surface area contributed by atoms with Crippen molar-refractivity contribution >= 4 is 41.9 Å². The molecule has 0 unspecified atom stereocenters. The smallest absolute Gasteiger partial charge is 0.271 e. The van der Waals surface area contributed by atoms with Crippen LogP contribution in [0.15, 0.2) is 22.3 Å². The zero-order chi connectivity index (χ0) is 13.0. The van der Waals surface area contributed by atoms with E-state index in [-0.39, 0.29) is 40.4 Å². The van der Waals surface area contributed by atoms with Gasteiger partial charge in [0, 0.05) is 17.7 Å². The summed E-state index contributed by atoms with van der Waals surface area (Å²) in [5.74, 6) is -0.621. The second-order valence-corrected chi connectivity index (χ2v) is 3.30. The Labute approximate surface area is 113 Å². The fourth-order valence-corrected chi connectivity index (χ4v) is 1.19. The van der Waals surface area contributed by atoms with Crippen LogP contribution in [-0.4, -0.2) is 22.2 Å². The molecule has 0 aliphatic heterocycles. The molecule has 0 atom stereocenters. The van der Waals surface area contributed by atoms with Crippen LogP contribution in [0.4, 0.5) is 5.69 Å². The summed E-state index contributed by atoms with van der Waals surface area (Å²) in [4.78, 5) is 9.90. The topological polar surface area (TPSA) is 140 Å². The number of nitro benzene ring substituents is 1. The number of hydrogen-bond donors (Lipinski definition) is 3. The fraction of sp³-hybridized carbons (Fsp3) is 0. The van der Waals surface area contributed by atoms with Crippen molar-refractivity contribution in [3.63, 3.8) is 0 Å². The van der Waals surface area contributed by atoms with Gasteiger partial charge in [0.05, 0.1) is 16.2 Å². The maximum Gasteiger partial charge on any atom is 0.271 e. The van der Waals surface area contributed by atoms with E-state index >= 15 is 0 Å². The van der Waals surface area contributed by atoms with Gasteiger partial charge in [0.1, 0.15) is 5.75 Å². The Morgan fingerprint density at radius 2 is 2.11 bits per heavy atom. The van der Waals surface area contributed by atoms with Crippen LogP contribution in [0.3, 0.4) is 0 Å². The van der Waals surface area contributed by atoms with E-state index in [0.29, 0.717) is 0 Å². The van der Waals surface area contributed by atoms with Crippen molar-refractivity contribution in [3.05, 3.63) is 32.8 Å². The molecule has 0 bridgehead atoms. The maximum absolute atomic E-state index is 10.6. The number of phenolic OH excluding ortho intramolecular Hbond substituents is 1. The van der Waals surface area contributed by atoms with Gasteiger partial charge in [0.2, 0.25) is 5.96 Å². The molecule has 1 aromatic carbocycles. The van der Waals surface area contributed by atoms with E-state index in [1.807, 2.05) is 0 Å². The summed E-state index contributed by atoms with van der Waals surface area (Å²) < 4.78 is 0. The highest BCUT2D eigenvalue weighted by Gasteiger charge is 2.13. The van der Waals surface area contributed by atoms with Gasteiger partial charge < -0.3 is 16.6 Å². The lowest BCUT2D eigenvalue weighted by Crippen LogP contribution is -2.21. The van der Waals surface area contributed by atoms with Crippen LogP contribution in [0.1, 0.15) is 5.56 Å². The lowest BCUT2D eigenvalue weighted by atomic mass is 10.2. The van der Waals surface area contributed by atoms with Gasteiger partial charge in [-0.05, 0) is 0 Å². The number of nitro groups is 1. The second kappa shape index (κ2) is 6.62. The minimum atomic E-state index is -0.650. The number of aromatic hydroxyl groups is 1. The largest absolute Gasteiger partial charge is 0.506 e. The summed E-state index contributed by atoms with van der Waals surface area (Å²) in [5.41, 5.74) is 9.80. The third-order valence-corrected chi connectivity index (χ3v) is 1.95. The van der Waals surface area contributed by atoms with Gasteiger partial charge >= 0.3 is 0 Å². The molecule has 0 fully saturated rings. The van der Waals surface area contributed by atoms with Crippen molar-refractivity contribution in [1.29, 1.82) is 0 Å². The molecule has 0 radical (unpaired) electrons. The van der Waals surface area contributed by atoms with Gasteiger partial charge in [0.25, 0.3) is 5.69 Å². The molecule has 98 valence electrons. The Morgan fingerprint density at radius 3 is 2.61 bits per heavy atom. The second-order valence-electron chi connectivity index (χ2n) is 2.89. The van der Waals surface area contributed by atoms with Gasteiger partial charge in [-0.2, -0.15) is 5.10 Å². The number of nitrogens with two attached hydrogens (primary N) is 2. The molecule has 0 aliphatic carbocycles. The normalized spacial score (nSPS) is 9.83. The number of halogens is 2. The quantitative estimate of drug-likeness (QED) is 0.330. The van der Waals surface area contributed by atoms with Crippen molar-refractivity contribution in [1.82, 2.24) is 0 Å². The number of guanidine groups is 1. The number of benzene rings is 1. The molecule has 0 aliphatic rings. The zero-order valence-electron chi connectivity index (χ0n) is 8.78. The molecule has 0 aromatic heterocycles. The van der Waals surface area contributed by atoms with Gasteiger partial charge in [-0.15, -0.1) is 17.5 Å². The number of nitrogens with zero attached hydrogens (tertiary/aromatic N) is 3. The molecule has 8 nitrogen and oxygen atoms in total. The van der Waals surface area contributed by atoms with Crippen molar-refractivity contribution in [2.24, 2.45) is 21.7 Å². The molecule has 0 spiro atoms. The third kappa shape index (κ3) is 4.07. The summed E-state index contributed by atoms with van der Waals surface area (Å²) in [6.07, 6.45) is 1.05. The lowest BCUT2D eigenvalue weighted by Gasteiger charge is -2.00. The lowest BCUT2D eigenvalue weighted by molar-refractivity contribution is -0.384. The highest BCUT2D eigenvalue weighted by Crippen LogP contribution is 2.31. The van der Waals surface area contributed by atoms with E-state index in [9.17, 15) is 15.2 Å². The Balaban J connectivity index is 0.00000289. The molecule has 1 aromatic rings. The van der Waals surface area contributed by atoms with Crippen LogP contribution in [0.25, 0.3) is 0 Å². The van der Waals surface area contributed by atoms with Crippen molar-refractivity contribution in [2.75, 3.05) is 0 Å². The predicted octanol–water partition coefficient (Wildman–Crippen LogP) is 0.983. The van der Waals surface area contributed by atoms with E-state index in [1.54, 1.807) is 0 Å². The van der Waals surface area contributed by atoms with Gasteiger partial charge in [-0.1, -0.05) is 11.6 Å². The highest BCUT2D eigenvalue weighted by molar-refractivity contribution is 6.32. The van der Waals surface area contributed by atoms with Crippen molar-refractivity contribution in [2.45, 2.75) is 0 Å². The molecule has 0 saturated carbocycles. The monoisotopic (exact) mass is 293 g/mol. The van der Waals surface area contributed by atoms with Crippen LogP contribution < -0.4 is 11.5 Å². The Hall–Kier alpha value is -2.06. The fourth-order valence-electron chi connectivity index (χ4n) is 0.967. The van der Waals surface area contributed by atoms with E-state index in [0.717, 1.165) is 18.3 Å². The average molecular weight is 294 g/mol. The minimum Gasteiger partial charge on any atom is -0.506 e. The third-order valence-electron chi connectivity index (χ3n) is 1.66. The summed E-state index contributed by atoms with van der Waals surface area (Å²) >= 11 is 5.60. The average Bonchev–Trinajstić information content (AvgIpc) is 2.23. The summed E-state index contributed by atoms with van der Waals surface area (Å²) in [7, 11) is 0. The predicted molar refractivity (Wildman–Crippen MR) is 70.4 cm³/mol. The molecule has 0 amide bonds. The van der Waals surface area contributed by atoms with Crippen molar-refractivity contribution in [3.8, 4) is 5.75 Å². The van der Waals surface area contributed by atoms with Gasteiger partial charge in [-0.25, -0.2) is 0 Å². The Bertz CT molecular complexity index is 514. The van der Waals surface area contributed by atoms with Crippen LogP contribution >= 0.6 is 24.0 Å². The van der Waals surface area contributed by atoms with E-state index < -0.39 is 4.92 Å². The zero-order valence-corrected chi connectivity index (χ0v) is 10.4. The Kier molecular flexibility index (Phi) is 5.86. The highest BCUT2D eigenvalue weighted by atomic mass is 35.5. The maximum atomic E-state index is 10.6. The minimum absolute atomic E-state index is 0. The molecule has 10 heteroatoms. The molecule has 1 rings (SSSR count). The first-order valence-electron chi connectivity index (χ1n) is 4.20. The summed E-state index contributed by atoms with van der Waals surface area (Å²) in [6.45, 7) is 0. The number of rotatable bonds is 3. The van der Waals surface area contributed by atoms with E-state index in [4.69, 9.17) is 23.1 Å². The molecular weight excluding hydrogens is 285 g/mol. The molecule has 5 N–H and O–H groups in total. The van der Waals surface area contributed by atoms with Crippen LogP contribution in [0.2, 0.25) is 5.02 Å².